The lowest BCUT2D eigenvalue weighted by molar-refractivity contribution is 0.0323. The van der Waals surface area contributed by atoms with Gasteiger partial charge in [0.1, 0.15) is 0 Å². The number of aliphatic hydroxyl groups is 2. The topological polar surface area (TPSA) is 40.5 Å². The van der Waals surface area contributed by atoms with Crippen molar-refractivity contribution in [2.45, 2.75) is 70.6 Å². The quantitative estimate of drug-likeness (QED) is 0.525. The molecule has 2 nitrogen and oxygen atoms in total. The van der Waals surface area contributed by atoms with Crippen molar-refractivity contribution in [1.82, 2.24) is 0 Å². The van der Waals surface area contributed by atoms with Gasteiger partial charge < -0.3 is 10.2 Å². The Labute approximate surface area is 92.5 Å². The molecule has 0 saturated carbocycles. The van der Waals surface area contributed by atoms with Crippen molar-refractivity contribution >= 4 is 0 Å². The van der Waals surface area contributed by atoms with Gasteiger partial charge in [0.05, 0.1) is 0 Å². The van der Waals surface area contributed by atoms with Gasteiger partial charge in [0.2, 0.25) is 0 Å². The van der Waals surface area contributed by atoms with Crippen LogP contribution in [0.5, 0.6) is 0 Å². The fraction of sp³-hybridized carbons (Fsp3) is 1.00. The van der Waals surface area contributed by atoms with E-state index in [2.05, 4.69) is 0 Å². The molecule has 0 fully saturated rings. The van der Waals surface area contributed by atoms with E-state index < -0.39 is 6.36 Å². The zero-order chi connectivity index (χ0) is 11.4. The van der Waals surface area contributed by atoms with Gasteiger partial charge in [-0.15, -0.1) is 0 Å². The molecule has 0 aliphatic heterocycles. The Bertz CT molecular complexity index is 118. The molecule has 3 heteroatoms. The van der Waals surface area contributed by atoms with Crippen LogP contribution in [0.1, 0.15) is 64.2 Å². The summed E-state index contributed by atoms with van der Waals surface area (Å²) in [5.41, 5.74) is 0. The van der Waals surface area contributed by atoms with Crippen LogP contribution in [-0.4, -0.2) is 23.2 Å². The molecular weight excluding hydrogens is 195 g/mol. The Morgan fingerprint density at radius 3 is 1.53 bits per heavy atom. The summed E-state index contributed by atoms with van der Waals surface area (Å²) >= 11 is 0. The fourth-order valence-corrected chi connectivity index (χ4v) is 1.66. The Hall–Kier alpha value is -0.150. The molecule has 0 heterocycles. The lowest BCUT2D eigenvalue weighted by Crippen LogP contribution is -1.95. The minimum atomic E-state index is -1.62. The van der Waals surface area contributed by atoms with Gasteiger partial charge in [-0.2, -0.15) is 0 Å². The van der Waals surface area contributed by atoms with Crippen LogP contribution < -0.4 is 0 Å². The van der Waals surface area contributed by atoms with E-state index in [9.17, 15) is 4.39 Å². The summed E-state index contributed by atoms with van der Waals surface area (Å²) in [6.07, 6.45) is 8.59. The van der Waals surface area contributed by atoms with Gasteiger partial charge in [0, 0.05) is 13.0 Å². The molecule has 0 bridgehead atoms. The molecular formula is C12H25FO2. The van der Waals surface area contributed by atoms with Gasteiger partial charge in [-0.05, 0) is 12.8 Å². The maximum Gasteiger partial charge on any atom is 0.196 e. The average Bonchev–Trinajstić information content (AvgIpc) is 2.20. The molecule has 0 aromatic carbocycles. The summed E-state index contributed by atoms with van der Waals surface area (Å²) < 4.78 is 12.0. The monoisotopic (exact) mass is 220 g/mol. The lowest BCUT2D eigenvalue weighted by Gasteiger charge is -2.02. The van der Waals surface area contributed by atoms with E-state index in [0.29, 0.717) is 6.61 Å². The third-order valence-electron chi connectivity index (χ3n) is 2.60. The molecule has 0 radical (unpaired) electrons. The predicted octanol–water partition coefficient (Wildman–Crippen LogP) is 3.17. The van der Waals surface area contributed by atoms with Crippen molar-refractivity contribution in [3.63, 3.8) is 0 Å². The van der Waals surface area contributed by atoms with E-state index in [0.717, 1.165) is 32.1 Å². The Kier molecular flexibility index (Phi) is 11.8. The maximum atomic E-state index is 12.0. The van der Waals surface area contributed by atoms with Crippen molar-refractivity contribution in [3.05, 3.63) is 0 Å². The molecule has 0 aliphatic carbocycles. The van der Waals surface area contributed by atoms with Crippen molar-refractivity contribution in [1.29, 1.82) is 0 Å². The number of unbranched alkanes of at least 4 members (excludes halogenated alkanes) is 8. The first-order chi connectivity index (χ1) is 7.27. The SMILES string of the molecule is OCCCCCCCCCCCC(O)F. The number of rotatable bonds is 11. The Balaban J connectivity index is 2.87. The molecule has 0 rings (SSSR count). The lowest BCUT2D eigenvalue weighted by atomic mass is 10.1. The Morgan fingerprint density at radius 2 is 1.13 bits per heavy atom. The van der Waals surface area contributed by atoms with Crippen molar-refractivity contribution in [2.24, 2.45) is 0 Å². The molecule has 0 amide bonds. The van der Waals surface area contributed by atoms with Crippen LogP contribution in [0.2, 0.25) is 0 Å². The summed E-state index contributed by atoms with van der Waals surface area (Å²) in [5.74, 6) is 0. The van der Waals surface area contributed by atoms with Crippen LogP contribution >= 0.6 is 0 Å². The van der Waals surface area contributed by atoms with Crippen LogP contribution in [-0.2, 0) is 0 Å². The number of hydrogen-bond acceptors (Lipinski definition) is 2. The zero-order valence-electron chi connectivity index (χ0n) is 9.63. The van der Waals surface area contributed by atoms with Crippen LogP contribution in [0, 0.1) is 0 Å². The van der Waals surface area contributed by atoms with Gasteiger partial charge in [-0.3, -0.25) is 0 Å². The molecule has 0 saturated heterocycles. The number of alkyl halides is 1. The largest absolute Gasteiger partial charge is 0.396 e. The molecule has 1 atom stereocenters. The zero-order valence-corrected chi connectivity index (χ0v) is 9.63. The van der Waals surface area contributed by atoms with Gasteiger partial charge >= 0.3 is 0 Å². The predicted molar refractivity (Wildman–Crippen MR) is 60.4 cm³/mol. The molecule has 0 aliphatic rings. The molecule has 15 heavy (non-hydrogen) atoms. The summed E-state index contributed by atoms with van der Waals surface area (Å²) in [6.45, 7) is 0.311. The normalized spacial score (nSPS) is 13.0. The number of aliphatic hydroxyl groups excluding tert-OH is 2. The molecule has 2 N–H and O–H groups in total. The summed E-state index contributed by atoms with van der Waals surface area (Å²) in [5, 5.41) is 16.9. The first-order valence-corrected chi connectivity index (χ1v) is 6.20. The molecule has 0 spiro atoms. The van der Waals surface area contributed by atoms with E-state index >= 15 is 0 Å². The van der Waals surface area contributed by atoms with Gasteiger partial charge in [0.25, 0.3) is 0 Å². The number of halogens is 1. The highest BCUT2D eigenvalue weighted by atomic mass is 19.1. The summed E-state index contributed by atoms with van der Waals surface area (Å²) in [6, 6.07) is 0. The average molecular weight is 220 g/mol. The third-order valence-corrected chi connectivity index (χ3v) is 2.60. The van der Waals surface area contributed by atoms with E-state index in [1.165, 1.54) is 25.7 Å². The highest BCUT2D eigenvalue weighted by Crippen LogP contribution is 2.11. The van der Waals surface area contributed by atoms with Crippen LogP contribution in [0.4, 0.5) is 4.39 Å². The van der Waals surface area contributed by atoms with E-state index in [4.69, 9.17) is 10.2 Å². The van der Waals surface area contributed by atoms with Crippen molar-refractivity contribution in [2.75, 3.05) is 6.61 Å². The highest BCUT2D eigenvalue weighted by Gasteiger charge is 1.98. The first kappa shape index (κ1) is 14.8. The van der Waals surface area contributed by atoms with Crippen LogP contribution in [0.15, 0.2) is 0 Å². The molecule has 0 aromatic heterocycles. The fourth-order valence-electron chi connectivity index (χ4n) is 1.66. The Morgan fingerprint density at radius 1 is 0.733 bits per heavy atom. The standard InChI is InChI=1S/C12H25FO2/c13-12(15)10-8-6-4-2-1-3-5-7-9-11-14/h12,14-15H,1-11H2. The van der Waals surface area contributed by atoms with Crippen LogP contribution in [0.25, 0.3) is 0 Å². The molecule has 1 unspecified atom stereocenters. The van der Waals surface area contributed by atoms with Crippen molar-refractivity contribution < 1.29 is 14.6 Å². The number of hydrogen-bond donors (Lipinski definition) is 2. The summed E-state index contributed by atoms with van der Waals surface area (Å²) in [4.78, 5) is 0. The molecule has 92 valence electrons. The second kappa shape index (κ2) is 11.9. The van der Waals surface area contributed by atoms with Crippen LogP contribution in [0.3, 0.4) is 0 Å². The molecule has 0 aromatic rings. The van der Waals surface area contributed by atoms with E-state index in [1.54, 1.807) is 0 Å². The highest BCUT2D eigenvalue weighted by molar-refractivity contribution is 4.48. The minimum absolute atomic E-state index is 0.288. The minimum Gasteiger partial charge on any atom is -0.396 e. The van der Waals surface area contributed by atoms with Crippen molar-refractivity contribution in [3.8, 4) is 0 Å². The van der Waals surface area contributed by atoms with Gasteiger partial charge in [0.15, 0.2) is 6.36 Å². The van der Waals surface area contributed by atoms with Gasteiger partial charge in [-0.25, -0.2) is 4.39 Å². The van der Waals surface area contributed by atoms with E-state index in [-0.39, 0.29) is 6.42 Å². The first-order valence-electron chi connectivity index (χ1n) is 6.20. The smallest absolute Gasteiger partial charge is 0.196 e. The maximum absolute atomic E-state index is 12.0. The second-order valence-electron chi connectivity index (χ2n) is 4.13. The third kappa shape index (κ3) is 13.9. The van der Waals surface area contributed by atoms with E-state index in [1.807, 2.05) is 0 Å². The second-order valence-corrected chi connectivity index (χ2v) is 4.13. The summed E-state index contributed by atoms with van der Waals surface area (Å²) in [7, 11) is 0. The van der Waals surface area contributed by atoms with Gasteiger partial charge in [-0.1, -0.05) is 44.9 Å².